The van der Waals surface area contributed by atoms with Gasteiger partial charge < -0.3 is 10.2 Å². The number of likely N-dealkylation sites (N-methyl/N-ethyl adjacent to an activating group) is 2. The molecule has 0 aliphatic heterocycles. The molecule has 4 nitrogen and oxygen atoms in total. The van der Waals surface area contributed by atoms with Gasteiger partial charge in [-0.3, -0.25) is 4.79 Å². The van der Waals surface area contributed by atoms with Crippen molar-refractivity contribution in [1.29, 1.82) is 0 Å². The molecule has 20 heavy (non-hydrogen) atoms. The predicted octanol–water partition coefficient (Wildman–Crippen LogP) is 2.85. The number of thiazole rings is 1. The van der Waals surface area contributed by atoms with Crippen LogP contribution in [0, 0.1) is 0 Å². The van der Waals surface area contributed by atoms with E-state index in [2.05, 4.69) is 26.2 Å². The average Bonchev–Trinajstić information content (AvgIpc) is 3.04. The number of nitrogens with zero attached hydrogens (tertiary/aromatic N) is 2. The minimum atomic E-state index is 0.101. The van der Waals surface area contributed by atoms with Gasteiger partial charge in [-0.15, -0.1) is 22.7 Å². The molecular weight excluding hydrogens is 358 g/mol. The molecule has 0 atom stereocenters. The number of thiophene rings is 1. The Balaban J connectivity index is 1.97. The Labute approximate surface area is 135 Å². The third-order valence-electron chi connectivity index (χ3n) is 2.79. The van der Waals surface area contributed by atoms with E-state index in [0.29, 0.717) is 13.0 Å². The number of rotatable bonds is 6. The highest BCUT2D eigenvalue weighted by molar-refractivity contribution is 9.10. The Morgan fingerprint density at radius 1 is 1.45 bits per heavy atom. The van der Waals surface area contributed by atoms with Gasteiger partial charge in [0.15, 0.2) is 0 Å². The van der Waals surface area contributed by atoms with E-state index >= 15 is 0 Å². The van der Waals surface area contributed by atoms with Crippen LogP contribution < -0.4 is 5.32 Å². The van der Waals surface area contributed by atoms with E-state index in [4.69, 9.17) is 0 Å². The average molecular weight is 374 g/mol. The molecule has 2 heterocycles. The molecule has 0 aromatic carbocycles. The highest BCUT2D eigenvalue weighted by Gasteiger charge is 2.13. The lowest BCUT2D eigenvalue weighted by Crippen LogP contribution is -2.33. The molecule has 0 aliphatic rings. The van der Waals surface area contributed by atoms with Crippen LogP contribution in [0.5, 0.6) is 0 Å². The van der Waals surface area contributed by atoms with Crippen LogP contribution in [0.4, 0.5) is 0 Å². The van der Waals surface area contributed by atoms with E-state index in [1.165, 1.54) is 0 Å². The first-order valence-electron chi connectivity index (χ1n) is 6.17. The largest absolute Gasteiger partial charge is 0.344 e. The van der Waals surface area contributed by atoms with Gasteiger partial charge in [-0.05, 0) is 29.0 Å². The van der Waals surface area contributed by atoms with Crippen LogP contribution in [0.3, 0.4) is 0 Å². The molecule has 2 aromatic heterocycles. The highest BCUT2D eigenvalue weighted by atomic mass is 79.9. The van der Waals surface area contributed by atoms with Crippen molar-refractivity contribution in [2.24, 2.45) is 0 Å². The van der Waals surface area contributed by atoms with Crippen LogP contribution in [0.2, 0.25) is 0 Å². The van der Waals surface area contributed by atoms with Gasteiger partial charge in [-0.1, -0.05) is 0 Å². The summed E-state index contributed by atoms with van der Waals surface area (Å²) < 4.78 is 1.07. The summed E-state index contributed by atoms with van der Waals surface area (Å²) in [6, 6.07) is 2.05. The summed E-state index contributed by atoms with van der Waals surface area (Å²) in [5.74, 6) is 0.101. The van der Waals surface area contributed by atoms with E-state index in [0.717, 1.165) is 26.6 Å². The fourth-order valence-corrected chi connectivity index (χ4v) is 3.95. The third kappa shape index (κ3) is 4.12. The van der Waals surface area contributed by atoms with E-state index < -0.39 is 0 Å². The Morgan fingerprint density at radius 2 is 2.25 bits per heavy atom. The number of carbonyl (C=O) groups excluding carboxylic acids is 1. The molecule has 0 unspecified atom stereocenters. The van der Waals surface area contributed by atoms with Gasteiger partial charge in [0.2, 0.25) is 5.91 Å². The van der Waals surface area contributed by atoms with Gasteiger partial charge in [0.25, 0.3) is 0 Å². The maximum Gasteiger partial charge on any atom is 0.228 e. The lowest BCUT2D eigenvalue weighted by atomic mass is 10.3. The normalized spacial score (nSPS) is 10.8. The van der Waals surface area contributed by atoms with Crippen molar-refractivity contribution in [3.63, 3.8) is 0 Å². The molecule has 0 bridgehead atoms. The van der Waals surface area contributed by atoms with E-state index in [9.17, 15) is 4.79 Å². The van der Waals surface area contributed by atoms with Gasteiger partial charge in [0.1, 0.15) is 5.01 Å². The second kappa shape index (κ2) is 7.31. The van der Waals surface area contributed by atoms with Crippen molar-refractivity contribution in [1.82, 2.24) is 15.2 Å². The first kappa shape index (κ1) is 15.6. The topological polar surface area (TPSA) is 45.2 Å². The standard InChI is InChI=1S/C13H16BrN3OS2/c1-15-3-4-17(2)12(18)6-10-8-20-13(16-10)11-5-9(14)7-19-11/h5,7-8,15H,3-4,6H2,1-2H3. The van der Waals surface area contributed by atoms with Crippen molar-refractivity contribution in [2.75, 3.05) is 27.2 Å². The number of nitrogens with one attached hydrogen (secondary N) is 1. The monoisotopic (exact) mass is 373 g/mol. The lowest BCUT2D eigenvalue weighted by Gasteiger charge is -2.15. The number of hydrogen-bond donors (Lipinski definition) is 1. The SMILES string of the molecule is CNCCN(C)C(=O)Cc1csc(-c2cc(Br)cs2)n1. The Hall–Kier alpha value is -0.760. The summed E-state index contributed by atoms with van der Waals surface area (Å²) in [6.07, 6.45) is 0.364. The first-order valence-corrected chi connectivity index (χ1v) is 8.72. The number of halogens is 1. The van der Waals surface area contributed by atoms with Crippen molar-refractivity contribution in [3.05, 3.63) is 27.0 Å². The van der Waals surface area contributed by atoms with E-state index in [1.54, 1.807) is 27.6 Å². The maximum atomic E-state index is 12.0. The Kier molecular flexibility index (Phi) is 5.71. The maximum absolute atomic E-state index is 12.0. The van der Waals surface area contributed by atoms with Crippen molar-refractivity contribution >= 4 is 44.5 Å². The molecule has 1 amide bonds. The molecule has 0 aliphatic carbocycles. The van der Waals surface area contributed by atoms with Gasteiger partial charge in [-0.2, -0.15) is 0 Å². The molecule has 0 spiro atoms. The van der Waals surface area contributed by atoms with Crippen LogP contribution in [-0.4, -0.2) is 43.0 Å². The van der Waals surface area contributed by atoms with Crippen molar-refractivity contribution in [2.45, 2.75) is 6.42 Å². The van der Waals surface area contributed by atoms with Crippen LogP contribution >= 0.6 is 38.6 Å². The van der Waals surface area contributed by atoms with Crippen LogP contribution in [0.25, 0.3) is 9.88 Å². The van der Waals surface area contributed by atoms with Crippen LogP contribution in [0.15, 0.2) is 21.3 Å². The Morgan fingerprint density at radius 3 is 2.90 bits per heavy atom. The molecule has 2 rings (SSSR count). The summed E-state index contributed by atoms with van der Waals surface area (Å²) in [7, 11) is 3.70. The summed E-state index contributed by atoms with van der Waals surface area (Å²) in [5.41, 5.74) is 0.843. The second-order valence-electron chi connectivity index (χ2n) is 4.37. The van der Waals surface area contributed by atoms with Crippen LogP contribution in [0.1, 0.15) is 5.69 Å². The lowest BCUT2D eigenvalue weighted by molar-refractivity contribution is -0.129. The van der Waals surface area contributed by atoms with Gasteiger partial charge in [0, 0.05) is 35.4 Å². The van der Waals surface area contributed by atoms with E-state index in [1.807, 2.05) is 30.9 Å². The highest BCUT2D eigenvalue weighted by Crippen LogP contribution is 2.32. The van der Waals surface area contributed by atoms with Gasteiger partial charge in [0.05, 0.1) is 17.0 Å². The van der Waals surface area contributed by atoms with Crippen LogP contribution in [-0.2, 0) is 11.2 Å². The third-order valence-corrected chi connectivity index (χ3v) is 5.54. The molecular formula is C13H16BrN3OS2. The van der Waals surface area contributed by atoms with Crippen molar-refractivity contribution < 1.29 is 4.79 Å². The van der Waals surface area contributed by atoms with Gasteiger partial charge in [-0.25, -0.2) is 4.98 Å². The smallest absolute Gasteiger partial charge is 0.228 e. The fourth-order valence-electron chi connectivity index (χ4n) is 1.62. The molecule has 1 N–H and O–H groups in total. The van der Waals surface area contributed by atoms with Crippen molar-refractivity contribution in [3.8, 4) is 9.88 Å². The summed E-state index contributed by atoms with van der Waals surface area (Å²) >= 11 is 6.67. The Bertz CT molecular complexity index is 582. The number of aromatic nitrogens is 1. The molecule has 108 valence electrons. The molecule has 0 radical (unpaired) electrons. The van der Waals surface area contributed by atoms with E-state index in [-0.39, 0.29) is 5.91 Å². The molecule has 7 heteroatoms. The summed E-state index contributed by atoms with van der Waals surface area (Å²) in [4.78, 5) is 19.4. The second-order valence-corrected chi connectivity index (χ2v) is 7.05. The fraction of sp³-hybridized carbons (Fsp3) is 0.385. The number of carbonyl (C=O) groups is 1. The zero-order chi connectivity index (χ0) is 14.5. The minimum absolute atomic E-state index is 0.101. The quantitative estimate of drug-likeness (QED) is 0.846. The molecule has 2 aromatic rings. The molecule has 0 fully saturated rings. The summed E-state index contributed by atoms with van der Waals surface area (Å²) in [6.45, 7) is 1.51. The molecule has 0 saturated carbocycles. The molecule has 0 saturated heterocycles. The van der Waals surface area contributed by atoms with Gasteiger partial charge >= 0.3 is 0 Å². The zero-order valence-electron chi connectivity index (χ0n) is 11.4. The number of hydrogen-bond acceptors (Lipinski definition) is 5. The summed E-state index contributed by atoms with van der Waals surface area (Å²) in [5, 5.41) is 8.01. The number of amides is 1. The first-order chi connectivity index (χ1) is 9.60. The predicted molar refractivity (Wildman–Crippen MR) is 88.4 cm³/mol. The minimum Gasteiger partial charge on any atom is -0.344 e. The zero-order valence-corrected chi connectivity index (χ0v) is 14.6.